The molecule has 0 aliphatic heterocycles. The SMILES string of the molecule is COCCNC(=O)[C@H](C)Sc1ccc2ccccc2c1. The van der Waals surface area contributed by atoms with Crippen LogP contribution < -0.4 is 5.32 Å². The van der Waals surface area contributed by atoms with Crippen molar-refractivity contribution in [3.63, 3.8) is 0 Å². The maximum absolute atomic E-state index is 11.9. The second-order valence-electron chi connectivity index (χ2n) is 4.55. The van der Waals surface area contributed by atoms with Gasteiger partial charge in [0.2, 0.25) is 5.91 Å². The summed E-state index contributed by atoms with van der Waals surface area (Å²) < 4.78 is 4.92. The van der Waals surface area contributed by atoms with Crippen molar-refractivity contribution >= 4 is 28.4 Å². The second-order valence-corrected chi connectivity index (χ2v) is 5.97. The number of rotatable bonds is 6. The fourth-order valence-corrected chi connectivity index (χ4v) is 2.86. The summed E-state index contributed by atoms with van der Waals surface area (Å²) in [5.74, 6) is 0.0419. The molecule has 1 atom stereocenters. The number of ether oxygens (including phenoxy) is 1. The molecular weight excluding hydrogens is 270 g/mol. The number of hydrogen-bond donors (Lipinski definition) is 1. The summed E-state index contributed by atoms with van der Waals surface area (Å²) in [6, 6.07) is 14.5. The van der Waals surface area contributed by atoms with Gasteiger partial charge in [-0.15, -0.1) is 11.8 Å². The topological polar surface area (TPSA) is 38.3 Å². The van der Waals surface area contributed by atoms with Crippen LogP contribution in [0.1, 0.15) is 6.92 Å². The van der Waals surface area contributed by atoms with E-state index in [2.05, 4.69) is 35.6 Å². The first-order valence-electron chi connectivity index (χ1n) is 6.63. The molecule has 3 nitrogen and oxygen atoms in total. The minimum atomic E-state index is -0.118. The van der Waals surface area contributed by atoms with E-state index in [1.165, 1.54) is 10.8 Å². The summed E-state index contributed by atoms with van der Waals surface area (Å²) in [6.07, 6.45) is 0. The zero-order valence-electron chi connectivity index (χ0n) is 11.8. The number of thioether (sulfide) groups is 1. The Hall–Kier alpha value is -1.52. The van der Waals surface area contributed by atoms with Crippen molar-refractivity contribution in [3.05, 3.63) is 42.5 Å². The molecular formula is C16H19NO2S. The summed E-state index contributed by atoms with van der Waals surface area (Å²) in [4.78, 5) is 13.0. The summed E-state index contributed by atoms with van der Waals surface area (Å²) >= 11 is 1.57. The Morgan fingerprint density at radius 1 is 1.25 bits per heavy atom. The fourth-order valence-electron chi connectivity index (χ4n) is 1.92. The Labute approximate surface area is 123 Å². The van der Waals surface area contributed by atoms with Crippen molar-refractivity contribution in [2.45, 2.75) is 17.1 Å². The van der Waals surface area contributed by atoms with Crippen LogP contribution in [0.3, 0.4) is 0 Å². The van der Waals surface area contributed by atoms with Crippen LogP contribution in [-0.2, 0) is 9.53 Å². The van der Waals surface area contributed by atoms with Gasteiger partial charge < -0.3 is 10.1 Å². The molecule has 2 aromatic rings. The molecule has 0 saturated carbocycles. The second kappa shape index (κ2) is 7.31. The van der Waals surface area contributed by atoms with Crippen molar-refractivity contribution < 1.29 is 9.53 Å². The van der Waals surface area contributed by atoms with Crippen molar-refractivity contribution in [3.8, 4) is 0 Å². The molecule has 0 heterocycles. The average molecular weight is 289 g/mol. The van der Waals surface area contributed by atoms with Crippen molar-refractivity contribution in [2.75, 3.05) is 20.3 Å². The zero-order valence-corrected chi connectivity index (χ0v) is 12.6. The van der Waals surface area contributed by atoms with Gasteiger partial charge in [-0.25, -0.2) is 0 Å². The Morgan fingerprint density at radius 3 is 2.75 bits per heavy atom. The van der Waals surface area contributed by atoms with Gasteiger partial charge in [0.15, 0.2) is 0 Å². The number of methoxy groups -OCH3 is 1. The van der Waals surface area contributed by atoms with Crippen LogP contribution in [0.2, 0.25) is 0 Å². The molecule has 0 aliphatic rings. The van der Waals surface area contributed by atoms with Gasteiger partial charge in [-0.05, 0) is 29.8 Å². The average Bonchev–Trinajstić information content (AvgIpc) is 2.47. The van der Waals surface area contributed by atoms with Crippen molar-refractivity contribution in [1.29, 1.82) is 0 Å². The van der Waals surface area contributed by atoms with E-state index in [0.29, 0.717) is 13.2 Å². The first-order chi connectivity index (χ1) is 9.70. The molecule has 1 amide bonds. The van der Waals surface area contributed by atoms with E-state index >= 15 is 0 Å². The van der Waals surface area contributed by atoms with Gasteiger partial charge in [-0.2, -0.15) is 0 Å². The molecule has 1 N–H and O–H groups in total. The zero-order chi connectivity index (χ0) is 14.4. The molecule has 0 spiro atoms. The Morgan fingerprint density at radius 2 is 2.00 bits per heavy atom. The maximum Gasteiger partial charge on any atom is 0.233 e. The van der Waals surface area contributed by atoms with Crippen molar-refractivity contribution in [1.82, 2.24) is 5.32 Å². The van der Waals surface area contributed by atoms with E-state index in [0.717, 1.165) is 4.90 Å². The van der Waals surface area contributed by atoms with E-state index in [-0.39, 0.29) is 11.2 Å². The molecule has 4 heteroatoms. The third-order valence-corrected chi connectivity index (χ3v) is 4.10. The van der Waals surface area contributed by atoms with Gasteiger partial charge in [0, 0.05) is 18.6 Å². The summed E-state index contributed by atoms with van der Waals surface area (Å²) in [6.45, 7) is 3.01. The summed E-state index contributed by atoms with van der Waals surface area (Å²) in [5.41, 5.74) is 0. The van der Waals surface area contributed by atoms with Crippen LogP contribution in [0.15, 0.2) is 47.4 Å². The molecule has 0 saturated heterocycles. The van der Waals surface area contributed by atoms with E-state index in [4.69, 9.17) is 4.74 Å². The van der Waals surface area contributed by atoms with Gasteiger partial charge in [0.1, 0.15) is 0 Å². The quantitative estimate of drug-likeness (QED) is 0.656. The first-order valence-corrected chi connectivity index (χ1v) is 7.51. The Balaban J connectivity index is 1.98. The Bertz CT molecular complexity index is 585. The molecule has 0 radical (unpaired) electrons. The molecule has 2 aromatic carbocycles. The van der Waals surface area contributed by atoms with Crippen LogP contribution >= 0.6 is 11.8 Å². The van der Waals surface area contributed by atoms with Crippen LogP contribution in [0.4, 0.5) is 0 Å². The van der Waals surface area contributed by atoms with Gasteiger partial charge in [-0.1, -0.05) is 30.3 Å². The normalized spacial score (nSPS) is 12.3. The molecule has 0 bridgehead atoms. The minimum Gasteiger partial charge on any atom is -0.383 e. The third kappa shape index (κ3) is 3.99. The number of fused-ring (bicyclic) bond motifs is 1. The van der Waals surface area contributed by atoms with Gasteiger partial charge >= 0.3 is 0 Å². The number of nitrogens with one attached hydrogen (secondary N) is 1. The lowest BCUT2D eigenvalue weighted by Crippen LogP contribution is -2.33. The van der Waals surface area contributed by atoms with Crippen LogP contribution in [0, 0.1) is 0 Å². The smallest absolute Gasteiger partial charge is 0.233 e. The van der Waals surface area contributed by atoms with Crippen LogP contribution in [0.5, 0.6) is 0 Å². The highest BCUT2D eigenvalue weighted by atomic mass is 32.2. The maximum atomic E-state index is 11.9. The number of hydrogen-bond acceptors (Lipinski definition) is 3. The van der Waals surface area contributed by atoms with E-state index in [1.54, 1.807) is 18.9 Å². The molecule has 0 unspecified atom stereocenters. The highest BCUT2D eigenvalue weighted by Gasteiger charge is 2.13. The van der Waals surface area contributed by atoms with E-state index < -0.39 is 0 Å². The minimum absolute atomic E-state index is 0.0419. The highest BCUT2D eigenvalue weighted by molar-refractivity contribution is 8.00. The number of benzene rings is 2. The van der Waals surface area contributed by atoms with Gasteiger partial charge in [-0.3, -0.25) is 4.79 Å². The fraction of sp³-hybridized carbons (Fsp3) is 0.312. The summed E-state index contributed by atoms with van der Waals surface area (Å²) in [5, 5.41) is 5.15. The lowest BCUT2D eigenvalue weighted by Gasteiger charge is -2.12. The molecule has 106 valence electrons. The van der Waals surface area contributed by atoms with Crippen LogP contribution in [-0.4, -0.2) is 31.4 Å². The van der Waals surface area contributed by atoms with Crippen LogP contribution in [0.25, 0.3) is 10.8 Å². The molecule has 20 heavy (non-hydrogen) atoms. The lowest BCUT2D eigenvalue weighted by molar-refractivity contribution is -0.120. The molecule has 2 rings (SSSR count). The van der Waals surface area contributed by atoms with E-state index in [1.807, 2.05) is 19.1 Å². The predicted molar refractivity (Wildman–Crippen MR) is 84.2 cm³/mol. The first kappa shape index (κ1) is 14.9. The number of carbonyl (C=O) groups is 1. The van der Waals surface area contributed by atoms with Gasteiger partial charge in [0.25, 0.3) is 0 Å². The summed E-state index contributed by atoms with van der Waals surface area (Å²) in [7, 11) is 1.62. The Kier molecular flexibility index (Phi) is 5.44. The molecule has 0 aromatic heterocycles. The standard InChI is InChI=1S/C16H19NO2S/c1-12(16(18)17-9-10-19-2)20-15-8-7-13-5-3-4-6-14(13)11-15/h3-8,11-12H,9-10H2,1-2H3,(H,17,18)/t12-/m0/s1. The monoisotopic (exact) mass is 289 g/mol. The molecule has 0 aliphatic carbocycles. The predicted octanol–water partition coefficient (Wildman–Crippen LogP) is 3.08. The van der Waals surface area contributed by atoms with Gasteiger partial charge in [0.05, 0.1) is 11.9 Å². The molecule has 0 fully saturated rings. The van der Waals surface area contributed by atoms with Crippen molar-refractivity contribution in [2.24, 2.45) is 0 Å². The number of amides is 1. The number of carbonyl (C=O) groups excluding carboxylic acids is 1. The highest BCUT2D eigenvalue weighted by Crippen LogP contribution is 2.26. The lowest BCUT2D eigenvalue weighted by atomic mass is 10.1. The largest absolute Gasteiger partial charge is 0.383 e. The van der Waals surface area contributed by atoms with E-state index in [9.17, 15) is 4.79 Å². The third-order valence-electron chi connectivity index (χ3n) is 3.01.